The molecule has 0 spiro atoms. The molecule has 4 rings (SSSR count). The lowest BCUT2D eigenvalue weighted by molar-refractivity contribution is -0.919. The molecule has 3 heterocycles. The topological polar surface area (TPSA) is 21.5 Å². The zero-order valence-corrected chi connectivity index (χ0v) is 10.4. The molecule has 1 N–H and O–H groups in total. The lowest BCUT2D eigenvalue weighted by Crippen LogP contribution is -3.16. The van der Waals surface area contributed by atoms with Crippen molar-refractivity contribution in [3.05, 3.63) is 35.4 Å². The summed E-state index contributed by atoms with van der Waals surface area (Å²) >= 11 is 0. The Morgan fingerprint density at radius 3 is 2.35 bits per heavy atom. The van der Waals surface area contributed by atoms with Crippen molar-refractivity contribution in [2.45, 2.75) is 19.8 Å². The summed E-state index contributed by atoms with van der Waals surface area (Å²) < 4.78 is 0. The van der Waals surface area contributed by atoms with E-state index in [4.69, 9.17) is 0 Å². The molecule has 1 aromatic rings. The van der Waals surface area contributed by atoms with E-state index in [1.54, 1.807) is 4.90 Å². The van der Waals surface area contributed by atoms with Crippen molar-refractivity contribution in [2.75, 3.05) is 19.6 Å². The van der Waals surface area contributed by atoms with Gasteiger partial charge in [0.15, 0.2) is 5.78 Å². The van der Waals surface area contributed by atoms with Crippen LogP contribution in [0.15, 0.2) is 24.3 Å². The zero-order valence-electron chi connectivity index (χ0n) is 10.4. The Labute approximate surface area is 103 Å². The van der Waals surface area contributed by atoms with E-state index >= 15 is 0 Å². The van der Waals surface area contributed by atoms with Crippen LogP contribution in [0.5, 0.6) is 0 Å². The van der Waals surface area contributed by atoms with E-state index < -0.39 is 0 Å². The standard InChI is InChI=1S/C15H19NO/c1-11-2-4-13(5-3-11)15(17)14-10-16-8-6-12(14)7-9-16/h2-5,12,14H,6-10H2,1H3/p+1/t14-/m1/s1. The Balaban J connectivity index is 1.80. The molecular formula is C15H20NO+. The first-order valence-corrected chi connectivity index (χ1v) is 6.68. The summed E-state index contributed by atoms with van der Waals surface area (Å²) in [5.41, 5.74) is 2.13. The number of aryl methyl sites for hydroxylation is 1. The number of fused-ring (bicyclic) bond motifs is 3. The third kappa shape index (κ3) is 2.02. The predicted octanol–water partition coefficient (Wildman–Crippen LogP) is 1.10. The maximum Gasteiger partial charge on any atom is 0.171 e. The number of Topliss-reactive ketones (excluding diaryl/α,β-unsaturated/α-hetero) is 1. The number of carbonyl (C=O) groups is 1. The minimum Gasteiger partial charge on any atom is -0.334 e. The van der Waals surface area contributed by atoms with Crippen LogP contribution in [0.3, 0.4) is 0 Å². The zero-order chi connectivity index (χ0) is 11.8. The van der Waals surface area contributed by atoms with Crippen LogP contribution in [0.2, 0.25) is 0 Å². The van der Waals surface area contributed by atoms with Crippen LogP contribution in [0.1, 0.15) is 28.8 Å². The molecule has 0 aromatic heterocycles. The molecule has 2 nitrogen and oxygen atoms in total. The van der Waals surface area contributed by atoms with Gasteiger partial charge < -0.3 is 4.90 Å². The fourth-order valence-corrected chi connectivity index (χ4v) is 3.37. The molecule has 3 aliphatic rings. The van der Waals surface area contributed by atoms with Gasteiger partial charge in [0.2, 0.25) is 0 Å². The summed E-state index contributed by atoms with van der Waals surface area (Å²) in [4.78, 5) is 14.1. The third-order valence-electron chi connectivity index (χ3n) is 4.49. The van der Waals surface area contributed by atoms with Gasteiger partial charge in [0.05, 0.1) is 25.6 Å². The summed E-state index contributed by atoms with van der Waals surface area (Å²) in [6, 6.07) is 8.07. The van der Waals surface area contributed by atoms with E-state index in [0.29, 0.717) is 11.7 Å². The molecule has 1 atom stereocenters. The van der Waals surface area contributed by atoms with Gasteiger partial charge in [-0.1, -0.05) is 29.8 Å². The van der Waals surface area contributed by atoms with Gasteiger partial charge in [0.1, 0.15) is 0 Å². The number of rotatable bonds is 2. The van der Waals surface area contributed by atoms with E-state index in [9.17, 15) is 4.79 Å². The van der Waals surface area contributed by atoms with Crippen molar-refractivity contribution in [3.63, 3.8) is 0 Å². The number of ketones is 1. The highest BCUT2D eigenvalue weighted by molar-refractivity contribution is 5.98. The molecule has 2 heteroatoms. The summed E-state index contributed by atoms with van der Waals surface area (Å²) in [6.07, 6.45) is 2.50. The number of carbonyl (C=O) groups excluding carboxylic acids is 1. The lowest BCUT2D eigenvalue weighted by Gasteiger charge is -2.41. The van der Waals surface area contributed by atoms with Crippen LogP contribution in [0.4, 0.5) is 0 Å². The van der Waals surface area contributed by atoms with Gasteiger partial charge in [-0.25, -0.2) is 0 Å². The highest BCUT2D eigenvalue weighted by Gasteiger charge is 2.41. The van der Waals surface area contributed by atoms with Crippen LogP contribution < -0.4 is 4.90 Å². The SMILES string of the molecule is Cc1ccc(C(=O)[C@@H]2C[NH+]3CCC2CC3)cc1. The highest BCUT2D eigenvalue weighted by Crippen LogP contribution is 2.27. The minimum atomic E-state index is 0.287. The Morgan fingerprint density at radius 2 is 1.82 bits per heavy atom. The molecule has 17 heavy (non-hydrogen) atoms. The number of piperidine rings is 3. The number of nitrogens with one attached hydrogen (secondary N) is 1. The molecule has 0 unspecified atom stereocenters. The first-order valence-electron chi connectivity index (χ1n) is 6.68. The predicted molar refractivity (Wildman–Crippen MR) is 67.3 cm³/mol. The van der Waals surface area contributed by atoms with Crippen LogP contribution in [0, 0.1) is 18.8 Å². The van der Waals surface area contributed by atoms with Crippen molar-refractivity contribution in [1.29, 1.82) is 0 Å². The quantitative estimate of drug-likeness (QED) is 0.755. The smallest absolute Gasteiger partial charge is 0.171 e. The number of hydrogen-bond donors (Lipinski definition) is 1. The van der Waals surface area contributed by atoms with Crippen LogP contribution >= 0.6 is 0 Å². The van der Waals surface area contributed by atoms with Crippen molar-refractivity contribution in [1.82, 2.24) is 0 Å². The molecule has 0 amide bonds. The number of quaternary nitrogens is 1. The Bertz CT molecular complexity index is 415. The van der Waals surface area contributed by atoms with Crippen molar-refractivity contribution in [3.8, 4) is 0 Å². The van der Waals surface area contributed by atoms with Crippen LogP contribution in [-0.2, 0) is 0 Å². The average Bonchev–Trinajstić information content (AvgIpc) is 2.40. The molecule has 3 aliphatic heterocycles. The Kier molecular flexibility index (Phi) is 2.75. The second-order valence-electron chi connectivity index (χ2n) is 5.63. The lowest BCUT2D eigenvalue weighted by atomic mass is 9.75. The first kappa shape index (κ1) is 11.0. The Hall–Kier alpha value is -1.15. The molecule has 3 saturated heterocycles. The minimum absolute atomic E-state index is 0.287. The van der Waals surface area contributed by atoms with Gasteiger partial charge >= 0.3 is 0 Å². The van der Waals surface area contributed by atoms with Gasteiger partial charge in [-0.2, -0.15) is 0 Å². The molecule has 0 aliphatic carbocycles. The van der Waals surface area contributed by atoms with E-state index in [2.05, 4.69) is 6.92 Å². The van der Waals surface area contributed by atoms with Gasteiger partial charge in [-0.3, -0.25) is 4.79 Å². The van der Waals surface area contributed by atoms with Crippen molar-refractivity contribution < 1.29 is 9.69 Å². The van der Waals surface area contributed by atoms with Crippen LogP contribution in [-0.4, -0.2) is 25.4 Å². The normalized spacial score (nSPS) is 31.5. The van der Waals surface area contributed by atoms with Gasteiger partial charge in [-0.15, -0.1) is 0 Å². The van der Waals surface area contributed by atoms with E-state index in [-0.39, 0.29) is 5.92 Å². The molecule has 90 valence electrons. The van der Waals surface area contributed by atoms with E-state index in [1.807, 2.05) is 24.3 Å². The first-order chi connectivity index (χ1) is 8.24. The molecular weight excluding hydrogens is 210 g/mol. The average molecular weight is 230 g/mol. The number of benzene rings is 1. The molecule has 3 fully saturated rings. The fraction of sp³-hybridized carbons (Fsp3) is 0.533. The molecule has 1 aromatic carbocycles. The summed E-state index contributed by atoms with van der Waals surface area (Å²) in [5.74, 6) is 1.32. The highest BCUT2D eigenvalue weighted by atomic mass is 16.1. The van der Waals surface area contributed by atoms with Crippen molar-refractivity contribution >= 4 is 5.78 Å². The molecule has 0 saturated carbocycles. The second-order valence-corrected chi connectivity index (χ2v) is 5.63. The van der Waals surface area contributed by atoms with Gasteiger partial charge in [0, 0.05) is 18.4 Å². The Morgan fingerprint density at radius 1 is 1.18 bits per heavy atom. The monoisotopic (exact) mass is 230 g/mol. The van der Waals surface area contributed by atoms with E-state index in [1.165, 1.54) is 31.5 Å². The fourth-order valence-electron chi connectivity index (χ4n) is 3.37. The van der Waals surface area contributed by atoms with Gasteiger partial charge in [-0.05, 0) is 12.8 Å². The molecule has 0 radical (unpaired) electrons. The summed E-state index contributed by atoms with van der Waals surface area (Å²) in [7, 11) is 0. The van der Waals surface area contributed by atoms with Gasteiger partial charge in [0.25, 0.3) is 0 Å². The maximum atomic E-state index is 12.5. The van der Waals surface area contributed by atoms with Crippen LogP contribution in [0.25, 0.3) is 0 Å². The molecule has 2 bridgehead atoms. The second kappa shape index (κ2) is 4.26. The largest absolute Gasteiger partial charge is 0.334 e. The third-order valence-corrected chi connectivity index (χ3v) is 4.49. The number of hydrogen-bond acceptors (Lipinski definition) is 1. The maximum absolute atomic E-state index is 12.5. The van der Waals surface area contributed by atoms with Crippen molar-refractivity contribution in [2.24, 2.45) is 11.8 Å². The van der Waals surface area contributed by atoms with E-state index in [0.717, 1.165) is 12.1 Å². The summed E-state index contributed by atoms with van der Waals surface area (Å²) in [6.45, 7) is 5.69. The summed E-state index contributed by atoms with van der Waals surface area (Å²) in [5, 5.41) is 0.